The highest BCUT2D eigenvalue weighted by atomic mass is 16.5. The highest BCUT2D eigenvalue weighted by molar-refractivity contribution is 5.77. The van der Waals surface area contributed by atoms with Crippen LogP contribution in [0.1, 0.15) is 5.56 Å². The van der Waals surface area contributed by atoms with Crippen molar-refractivity contribution in [3.8, 4) is 17.2 Å². The Kier molecular flexibility index (Phi) is 5.88. The first-order valence-corrected chi connectivity index (χ1v) is 8.38. The predicted octanol–water partition coefficient (Wildman–Crippen LogP) is 2.62. The zero-order chi connectivity index (χ0) is 18.2. The summed E-state index contributed by atoms with van der Waals surface area (Å²) in [5, 5.41) is 7.19. The molecule has 0 bridgehead atoms. The number of hydrogen-bond donors (Lipinski definition) is 1. The van der Waals surface area contributed by atoms with Crippen molar-refractivity contribution >= 4 is 5.91 Å². The Morgan fingerprint density at radius 3 is 2.58 bits per heavy atom. The normalized spacial score (nSPS) is 10.3. The Hall–Kier alpha value is -3.28. The van der Waals surface area contributed by atoms with E-state index in [1.807, 2.05) is 59.5 Å². The molecule has 0 fully saturated rings. The van der Waals surface area contributed by atoms with Crippen LogP contribution in [0.2, 0.25) is 0 Å². The van der Waals surface area contributed by atoms with Gasteiger partial charge in [0.15, 0.2) is 18.1 Å². The number of nitrogens with zero attached hydrogens (tertiary/aromatic N) is 2. The highest BCUT2D eigenvalue weighted by Gasteiger charge is 2.07. The first-order valence-electron chi connectivity index (χ1n) is 8.38. The molecule has 6 nitrogen and oxygen atoms in total. The van der Waals surface area contributed by atoms with E-state index in [-0.39, 0.29) is 12.5 Å². The molecule has 1 aromatic heterocycles. The van der Waals surface area contributed by atoms with Crippen LogP contribution in [-0.4, -0.2) is 35.9 Å². The van der Waals surface area contributed by atoms with E-state index < -0.39 is 0 Å². The smallest absolute Gasteiger partial charge is 0.257 e. The third-order valence-electron chi connectivity index (χ3n) is 3.82. The molecule has 0 saturated heterocycles. The molecule has 2 aromatic carbocycles. The van der Waals surface area contributed by atoms with Gasteiger partial charge < -0.3 is 14.8 Å². The number of ether oxygens (including phenoxy) is 2. The second-order valence-electron chi connectivity index (χ2n) is 5.67. The fraction of sp³-hybridized carbons (Fsp3) is 0.200. The summed E-state index contributed by atoms with van der Waals surface area (Å²) in [7, 11) is 1.57. The van der Waals surface area contributed by atoms with E-state index in [1.54, 1.807) is 19.2 Å². The molecule has 134 valence electrons. The summed E-state index contributed by atoms with van der Waals surface area (Å²) in [6.45, 7) is 0.470. The third kappa shape index (κ3) is 4.63. The van der Waals surface area contributed by atoms with Gasteiger partial charge in [0.25, 0.3) is 5.91 Å². The summed E-state index contributed by atoms with van der Waals surface area (Å²) in [5.74, 6) is 0.981. The zero-order valence-electron chi connectivity index (χ0n) is 14.6. The molecule has 0 saturated carbocycles. The van der Waals surface area contributed by atoms with Crippen LogP contribution in [-0.2, 0) is 11.2 Å². The van der Waals surface area contributed by atoms with Gasteiger partial charge in [0.05, 0.1) is 19.0 Å². The van der Waals surface area contributed by atoms with Crippen molar-refractivity contribution in [2.24, 2.45) is 0 Å². The fourth-order valence-corrected chi connectivity index (χ4v) is 2.49. The first-order chi connectivity index (χ1) is 12.8. The van der Waals surface area contributed by atoms with Crippen LogP contribution < -0.4 is 14.8 Å². The summed E-state index contributed by atoms with van der Waals surface area (Å²) in [6.07, 6.45) is 4.48. The molecule has 6 heteroatoms. The van der Waals surface area contributed by atoms with Crippen molar-refractivity contribution in [1.29, 1.82) is 0 Å². The Bertz CT molecular complexity index is 846. The average molecular weight is 351 g/mol. The van der Waals surface area contributed by atoms with E-state index in [4.69, 9.17) is 9.47 Å². The molecule has 0 aliphatic heterocycles. The highest BCUT2D eigenvalue weighted by Crippen LogP contribution is 2.25. The minimum atomic E-state index is -0.175. The number of nitrogens with one attached hydrogen (secondary N) is 1. The molecule has 0 atom stereocenters. The number of rotatable bonds is 8. The maximum absolute atomic E-state index is 11.9. The Labute approximate surface area is 152 Å². The van der Waals surface area contributed by atoms with E-state index in [0.717, 1.165) is 11.3 Å². The summed E-state index contributed by atoms with van der Waals surface area (Å²) in [5.41, 5.74) is 2.06. The van der Waals surface area contributed by atoms with E-state index in [9.17, 15) is 4.79 Å². The molecule has 0 aliphatic rings. The topological polar surface area (TPSA) is 65.4 Å². The van der Waals surface area contributed by atoms with Crippen LogP contribution in [0.4, 0.5) is 0 Å². The van der Waals surface area contributed by atoms with Gasteiger partial charge >= 0.3 is 0 Å². The van der Waals surface area contributed by atoms with E-state index in [0.29, 0.717) is 24.5 Å². The average Bonchev–Trinajstić information content (AvgIpc) is 3.16. The molecule has 26 heavy (non-hydrogen) atoms. The van der Waals surface area contributed by atoms with Crippen molar-refractivity contribution in [2.45, 2.75) is 6.42 Å². The molecule has 3 aromatic rings. The van der Waals surface area contributed by atoms with Crippen molar-refractivity contribution in [3.05, 3.63) is 72.6 Å². The molecule has 0 unspecified atom stereocenters. The molecule has 0 aliphatic carbocycles. The lowest BCUT2D eigenvalue weighted by Crippen LogP contribution is -2.30. The molecule has 1 amide bonds. The van der Waals surface area contributed by atoms with Gasteiger partial charge in [-0.1, -0.05) is 30.3 Å². The first kappa shape index (κ1) is 17.5. The van der Waals surface area contributed by atoms with Crippen LogP contribution in [0.15, 0.2) is 67.0 Å². The van der Waals surface area contributed by atoms with Crippen molar-refractivity contribution in [2.75, 3.05) is 20.3 Å². The Balaban J connectivity index is 1.43. The van der Waals surface area contributed by atoms with Crippen LogP contribution in [0.25, 0.3) is 5.69 Å². The molecule has 1 heterocycles. The van der Waals surface area contributed by atoms with E-state index in [2.05, 4.69) is 10.4 Å². The van der Waals surface area contributed by atoms with Crippen LogP contribution in [0.3, 0.4) is 0 Å². The second kappa shape index (κ2) is 8.71. The van der Waals surface area contributed by atoms with Gasteiger partial charge in [-0.05, 0) is 36.2 Å². The van der Waals surface area contributed by atoms with Gasteiger partial charge in [0, 0.05) is 12.7 Å². The van der Waals surface area contributed by atoms with Crippen LogP contribution in [0, 0.1) is 0 Å². The standard InChI is InChI=1S/C20H21N3O3/c1-25-18-9-5-6-10-19(18)26-15-20(24)21-12-11-16-13-22-23(14-16)17-7-3-2-4-8-17/h2-10,13-14H,11-12,15H2,1H3,(H,21,24). The second-order valence-corrected chi connectivity index (χ2v) is 5.67. The van der Waals surface area contributed by atoms with Gasteiger partial charge in [-0.25, -0.2) is 4.68 Å². The molecular formula is C20H21N3O3. The van der Waals surface area contributed by atoms with Gasteiger partial charge in [0.1, 0.15) is 0 Å². The summed E-state index contributed by atoms with van der Waals surface area (Å²) in [4.78, 5) is 11.9. The van der Waals surface area contributed by atoms with Crippen molar-refractivity contribution < 1.29 is 14.3 Å². The largest absolute Gasteiger partial charge is 0.493 e. The zero-order valence-corrected chi connectivity index (χ0v) is 14.6. The van der Waals surface area contributed by atoms with Crippen LogP contribution >= 0.6 is 0 Å². The quantitative estimate of drug-likeness (QED) is 0.677. The lowest BCUT2D eigenvalue weighted by Gasteiger charge is -2.10. The number of amides is 1. The number of carbonyl (C=O) groups excluding carboxylic acids is 1. The Morgan fingerprint density at radius 2 is 1.81 bits per heavy atom. The minimum Gasteiger partial charge on any atom is -0.493 e. The maximum Gasteiger partial charge on any atom is 0.257 e. The Morgan fingerprint density at radius 1 is 1.08 bits per heavy atom. The van der Waals surface area contributed by atoms with Crippen LogP contribution in [0.5, 0.6) is 11.5 Å². The SMILES string of the molecule is COc1ccccc1OCC(=O)NCCc1cnn(-c2ccccc2)c1. The fourth-order valence-electron chi connectivity index (χ4n) is 2.49. The number of hydrogen-bond acceptors (Lipinski definition) is 4. The summed E-state index contributed by atoms with van der Waals surface area (Å²) >= 11 is 0. The third-order valence-corrected chi connectivity index (χ3v) is 3.82. The molecule has 0 spiro atoms. The van der Waals surface area contributed by atoms with E-state index in [1.165, 1.54) is 0 Å². The van der Waals surface area contributed by atoms with Gasteiger partial charge in [-0.2, -0.15) is 5.10 Å². The van der Waals surface area contributed by atoms with Gasteiger partial charge in [-0.15, -0.1) is 0 Å². The number of aromatic nitrogens is 2. The summed E-state index contributed by atoms with van der Waals surface area (Å²) < 4.78 is 12.5. The number of methoxy groups -OCH3 is 1. The lowest BCUT2D eigenvalue weighted by molar-refractivity contribution is -0.123. The number of carbonyl (C=O) groups is 1. The molecular weight excluding hydrogens is 330 g/mol. The molecule has 3 rings (SSSR count). The molecule has 1 N–H and O–H groups in total. The summed E-state index contributed by atoms with van der Waals surface area (Å²) in [6, 6.07) is 17.1. The predicted molar refractivity (Wildman–Crippen MR) is 98.8 cm³/mol. The lowest BCUT2D eigenvalue weighted by atomic mass is 10.2. The number of para-hydroxylation sites is 3. The van der Waals surface area contributed by atoms with Gasteiger partial charge in [0.2, 0.25) is 0 Å². The monoisotopic (exact) mass is 351 g/mol. The minimum absolute atomic E-state index is 0.0519. The van der Waals surface area contributed by atoms with Crippen molar-refractivity contribution in [1.82, 2.24) is 15.1 Å². The molecule has 0 radical (unpaired) electrons. The van der Waals surface area contributed by atoms with E-state index >= 15 is 0 Å². The number of benzene rings is 2. The van der Waals surface area contributed by atoms with Gasteiger partial charge in [-0.3, -0.25) is 4.79 Å². The maximum atomic E-state index is 11.9. The van der Waals surface area contributed by atoms with Crippen molar-refractivity contribution in [3.63, 3.8) is 0 Å².